The highest BCUT2D eigenvalue weighted by Crippen LogP contribution is 2.34. The van der Waals surface area contributed by atoms with Crippen LogP contribution in [0.15, 0.2) is 30.3 Å². The zero-order valence-electron chi connectivity index (χ0n) is 12.9. The highest BCUT2D eigenvalue weighted by Gasteiger charge is 2.22. The number of rotatable bonds is 2. The van der Waals surface area contributed by atoms with E-state index in [0.29, 0.717) is 12.2 Å². The molecule has 0 saturated carbocycles. The van der Waals surface area contributed by atoms with Gasteiger partial charge in [0.05, 0.1) is 12.2 Å². The Balaban J connectivity index is 2.12. The Morgan fingerprint density at radius 2 is 1.91 bits per heavy atom. The molecule has 2 aromatic carbocycles. The van der Waals surface area contributed by atoms with Crippen molar-refractivity contribution in [2.45, 2.75) is 33.1 Å². The van der Waals surface area contributed by atoms with Gasteiger partial charge in [0.1, 0.15) is 11.6 Å². The molecular formula is C19H19FO2. The zero-order valence-corrected chi connectivity index (χ0v) is 12.9. The second-order valence-corrected chi connectivity index (χ2v) is 5.79. The molecule has 0 amide bonds. The summed E-state index contributed by atoms with van der Waals surface area (Å²) in [7, 11) is 0. The number of carbonyl (C=O) groups excluding carboxylic acids is 1. The normalized spacial score (nSPS) is 14.0. The quantitative estimate of drug-likeness (QED) is 0.769. The Labute approximate surface area is 129 Å². The SMILES string of the molecule is Cc1cc(C(=O)c2ccccc2F)c(C)c2c1OCCCC2. The van der Waals surface area contributed by atoms with Crippen LogP contribution in [-0.4, -0.2) is 12.4 Å². The van der Waals surface area contributed by atoms with Crippen molar-refractivity contribution in [3.8, 4) is 5.75 Å². The van der Waals surface area contributed by atoms with Crippen LogP contribution in [0, 0.1) is 19.7 Å². The van der Waals surface area contributed by atoms with Gasteiger partial charge in [0.25, 0.3) is 0 Å². The molecule has 0 saturated heterocycles. The van der Waals surface area contributed by atoms with Gasteiger partial charge in [0.2, 0.25) is 0 Å². The van der Waals surface area contributed by atoms with Gasteiger partial charge in [0.15, 0.2) is 5.78 Å². The minimum absolute atomic E-state index is 0.125. The van der Waals surface area contributed by atoms with Gasteiger partial charge in [-0.25, -0.2) is 4.39 Å². The lowest BCUT2D eigenvalue weighted by Gasteiger charge is -2.17. The minimum atomic E-state index is -0.476. The number of fused-ring (bicyclic) bond motifs is 1. The Bertz CT molecular complexity index is 734. The molecule has 0 spiro atoms. The van der Waals surface area contributed by atoms with Gasteiger partial charge in [-0.05, 0) is 68.0 Å². The van der Waals surface area contributed by atoms with E-state index in [1.54, 1.807) is 12.1 Å². The number of carbonyl (C=O) groups is 1. The third kappa shape index (κ3) is 2.52. The zero-order chi connectivity index (χ0) is 15.7. The van der Waals surface area contributed by atoms with Crippen molar-refractivity contribution >= 4 is 5.78 Å². The maximum absolute atomic E-state index is 13.9. The molecular weight excluding hydrogens is 279 g/mol. The first-order valence-electron chi connectivity index (χ1n) is 7.64. The Kier molecular flexibility index (Phi) is 3.97. The fourth-order valence-electron chi connectivity index (χ4n) is 3.07. The summed E-state index contributed by atoms with van der Waals surface area (Å²) in [4.78, 5) is 12.7. The fourth-order valence-corrected chi connectivity index (χ4v) is 3.07. The summed E-state index contributed by atoms with van der Waals surface area (Å²) in [5, 5.41) is 0. The van der Waals surface area contributed by atoms with E-state index in [4.69, 9.17) is 4.74 Å². The molecule has 2 aromatic rings. The first-order valence-corrected chi connectivity index (χ1v) is 7.64. The number of hydrogen-bond donors (Lipinski definition) is 0. The fraction of sp³-hybridized carbons (Fsp3) is 0.316. The van der Waals surface area contributed by atoms with Gasteiger partial charge >= 0.3 is 0 Å². The van der Waals surface area contributed by atoms with E-state index in [9.17, 15) is 9.18 Å². The van der Waals surface area contributed by atoms with Crippen molar-refractivity contribution in [3.05, 3.63) is 64.0 Å². The lowest BCUT2D eigenvalue weighted by Crippen LogP contribution is -2.10. The highest BCUT2D eigenvalue weighted by atomic mass is 19.1. The molecule has 0 aliphatic carbocycles. The largest absolute Gasteiger partial charge is 0.493 e. The number of ether oxygens (including phenoxy) is 1. The summed E-state index contributed by atoms with van der Waals surface area (Å²) < 4.78 is 19.8. The summed E-state index contributed by atoms with van der Waals surface area (Å²) in [6.07, 6.45) is 2.97. The van der Waals surface area contributed by atoms with E-state index in [1.165, 1.54) is 12.1 Å². The second-order valence-electron chi connectivity index (χ2n) is 5.79. The van der Waals surface area contributed by atoms with Crippen molar-refractivity contribution < 1.29 is 13.9 Å². The predicted molar refractivity (Wildman–Crippen MR) is 84.2 cm³/mol. The molecule has 0 atom stereocenters. The number of benzene rings is 2. The molecule has 1 aliphatic heterocycles. The average Bonchev–Trinajstić information content (AvgIpc) is 2.77. The van der Waals surface area contributed by atoms with Crippen molar-refractivity contribution in [1.29, 1.82) is 0 Å². The van der Waals surface area contributed by atoms with Crippen LogP contribution in [-0.2, 0) is 6.42 Å². The van der Waals surface area contributed by atoms with Crippen LogP contribution in [0.3, 0.4) is 0 Å². The molecule has 0 bridgehead atoms. The van der Waals surface area contributed by atoms with E-state index < -0.39 is 5.82 Å². The molecule has 0 unspecified atom stereocenters. The molecule has 0 radical (unpaired) electrons. The van der Waals surface area contributed by atoms with Gasteiger partial charge < -0.3 is 4.74 Å². The van der Waals surface area contributed by atoms with Gasteiger partial charge in [-0.1, -0.05) is 12.1 Å². The highest BCUT2D eigenvalue weighted by molar-refractivity contribution is 6.10. The first kappa shape index (κ1) is 14.8. The predicted octanol–water partition coefficient (Wildman–Crippen LogP) is 4.39. The maximum atomic E-state index is 13.9. The standard InChI is InChI=1S/C19H19FO2/c1-12-11-16(18(21)15-8-3-4-9-17(15)20)13(2)14-7-5-6-10-22-19(12)14/h3-4,8-9,11H,5-7,10H2,1-2H3. The van der Waals surface area contributed by atoms with Crippen molar-refractivity contribution in [2.24, 2.45) is 0 Å². The molecule has 114 valence electrons. The topological polar surface area (TPSA) is 26.3 Å². The number of aryl methyl sites for hydroxylation is 1. The number of halogens is 1. The second kappa shape index (κ2) is 5.91. The average molecular weight is 298 g/mol. The Hall–Kier alpha value is -2.16. The third-order valence-electron chi connectivity index (χ3n) is 4.28. The van der Waals surface area contributed by atoms with Crippen LogP contribution in [0.1, 0.15) is 45.5 Å². The van der Waals surface area contributed by atoms with E-state index in [-0.39, 0.29) is 11.3 Å². The molecule has 3 heteroatoms. The lowest BCUT2D eigenvalue weighted by atomic mass is 9.90. The van der Waals surface area contributed by atoms with Crippen LogP contribution in [0.25, 0.3) is 0 Å². The molecule has 0 aromatic heterocycles. The minimum Gasteiger partial charge on any atom is -0.493 e. The van der Waals surface area contributed by atoms with Gasteiger partial charge in [-0.2, -0.15) is 0 Å². The summed E-state index contributed by atoms with van der Waals surface area (Å²) in [5.74, 6) is 0.168. The molecule has 22 heavy (non-hydrogen) atoms. The van der Waals surface area contributed by atoms with E-state index in [1.807, 2.05) is 19.9 Å². The number of ketones is 1. The molecule has 3 rings (SSSR count). The Morgan fingerprint density at radius 1 is 1.14 bits per heavy atom. The summed E-state index contributed by atoms with van der Waals surface area (Å²) in [5.41, 5.74) is 3.65. The molecule has 1 heterocycles. The van der Waals surface area contributed by atoms with Gasteiger partial charge in [-0.3, -0.25) is 4.79 Å². The molecule has 0 fully saturated rings. The van der Waals surface area contributed by atoms with Crippen molar-refractivity contribution in [1.82, 2.24) is 0 Å². The Morgan fingerprint density at radius 3 is 2.68 bits per heavy atom. The van der Waals surface area contributed by atoms with Crippen LogP contribution in [0.5, 0.6) is 5.75 Å². The van der Waals surface area contributed by atoms with Crippen molar-refractivity contribution in [2.75, 3.05) is 6.61 Å². The smallest absolute Gasteiger partial charge is 0.196 e. The van der Waals surface area contributed by atoms with E-state index in [2.05, 4.69) is 0 Å². The van der Waals surface area contributed by atoms with Crippen LogP contribution >= 0.6 is 0 Å². The third-order valence-corrected chi connectivity index (χ3v) is 4.28. The number of hydrogen-bond acceptors (Lipinski definition) is 2. The molecule has 2 nitrogen and oxygen atoms in total. The van der Waals surface area contributed by atoms with Crippen LogP contribution in [0.2, 0.25) is 0 Å². The van der Waals surface area contributed by atoms with Crippen LogP contribution in [0.4, 0.5) is 4.39 Å². The molecule has 0 N–H and O–H groups in total. The summed E-state index contributed by atoms with van der Waals surface area (Å²) >= 11 is 0. The monoisotopic (exact) mass is 298 g/mol. The maximum Gasteiger partial charge on any atom is 0.196 e. The van der Waals surface area contributed by atoms with E-state index in [0.717, 1.165) is 41.7 Å². The van der Waals surface area contributed by atoms with Crippen molar-refractivity contribution in [3.63, 3.8) is 0 Å². The van der Waals surface area contributed by atoms with Crippen LogP contribution < -0.4 is 4.74 Å². The summed E-state index contributed by atoms with van der Waals surface area (Å²) in [6.45, 7) is 4.59. The lowest BCUT2D eigenvalue weighted by molar-refractivity contribution is 0.103. The van der Waals surface area contributed by atoms with E-state index >= 15 is 0 Å². The summed E-state index contributed by atoms with van der Waals surface area (Å²) in [6, 6.07) is 7.96. The van der Waals surface area contributed by atoms with Gasteiger partial charge in [0, 0.05) is 5.56 Å². The van der Waals surface area contributed by atoms with Gasteiger partial charge in [-0.15, -0.1) is 0 Å². The molecule has 1 aliphatic rings. The first-order chi connectivity index (χ1) is 10.6.